The summed E-state index contributed by atoms with van der Waals surface area (Å²) in [5.41, 5.74) is 15.2. The zero-order valence-corrected chi connectivity index (χ0v) is 31.3. The lowest BCUT2D eigenvalue weighted by Gasteiger charge is -2.20. The molecule has 0 bridgehead atoms. The smallest absolute Gasteiger partial charge is 0.152 e. The van der Waals surface area contributed by atoms with Gasteiger partial charge in [-0.1, -0.05) is 121 Å². The number of hydrogen-bond acceptors (Lipinski definition) is 1. The topological polar surface area (TPSA) is 24.0 Å². The van der Waals surface area contributed by atoms with Crippen molar-refractivity contribution in [2.24, 2.45) is 0 Å². The van der Waals surface area contributed by atoms with E-state index in [-0.39, 0.29) is 0 Å². The zero-order valence-electron chi connectivity index (χ0n) is 31.3. The van der Waals surface area contributed by atoms with Crippen molar-refractivity contribution < 1.29 is 4.74 Å². The Morgan fingerprint density at radius 2 is 0.845 bits per heavy atom. The molecule has 0 spiro atoms. The van der Waals surface area contributed by atoms with Crippen LogP contribution in [0.25, 0.3) is 105 Å². The van der Waals surface area contributed by atoms with Crippen molar-refractivity contribution in [1.29, 1.82) is 0 Å². The Hall–Kier alpha value is -7.82. The molecule has 0 saturated heterocycles. The number of hydrogen-bond donors (Lipinski definition) is 0. The van der Waals surface area contributed by atoms with Gasteiger partial charge in [0.1, 0.15) is 0 Å². The summed E-state index contributed by atoms with van der Waals surface area (Å²) in [7, 11) is 0. The molecule has 58 heavy (non-hydrogen) atoms. The molecular formula is C54H33N3O. The number of fused-ring (bicyclic) bond motifs is 11. The Kier molecular flexibility index (Phi) is 6.41. The maximum absolute atomic E-state index is 6.43. The normalized spacial score (nSPS) is 12.3. The molecular weight excluding hydrogens is 707 g/mol. The standard InChI is InChI=1S/C54H33N3O/c1-4-22-45-40(17-1)41-18-2-5-23-46(41)56(45)38-29-30-48-44(33-38)42-19-3-6-24-47(42)55(48)37-16-10-14-35(32-37)34-13-9-15-36(31-34)39-20-11-26-50-53(39)43-21-12-28-52-54(43)57(50)49-25-7-8-27-51(49)58-52/h1-33H. The summed E-state index contributed by atoms with van der Waals surface area (Å²) in [5.74, 6) is 1.76. The Morgan fingerprint density at radius 3 is 1.62 bits per heavy atom. The van der Waals surface area contributed by atoms with E-state index in [1.807, 2.05) is 12.1 Å². The van der Waals surface area contributed by atoms with E-state index in [0.29, 0.717) is 0 Å². The summed E-state index contributed by atoms with van der Waals surface area (Å²) in [4.78, 5) is 0. The van der Waals surface area contributed by atoms with Gasteiger partial charge in [0.25, 0.3) is 0 Å². The van der Waals surface area contributed by atoms with Gasteiger partial charge < -0.3 is 18.4 Å². The average molecular weight is 740 g/mol. The van der Waals surface area contributed by atoms with Crippen molar-refractivity contribution in [3.63, 3.8) is 0 Å². The van der Waals surface area contributed by atoms with E-state index in [2.05, 4.69) is 202 Å². The molecule has 0 aliphatic carbocycles. The van der Waals surface area contributed by atoms with Crippen LogP contribution in [-0.2, 0) is 0 Å². The van der Waals surface area contributed by atoms with Crippen LogP contribution >= 0.6 is 0 Å². The van der Waals surface area contributed by atoms with Gasteiger partial charge in [-0.3, -0.25) is 0 Å². The molecule has 4 heterocycles. The van der Waals surface area contributed by atoms with Crippen LogP contribution in [0, 0.1) is 0 Å². The van der Waals surface area contributed by atoms with Gasteiger partial charge in [0.05, 0.1) is 38.8 Å². The summed E-state index contributed by atoms with van der Waals surface area (Å²) in [6, 6.07) is 72.5. The highest BCUT2D eigenvalue weighted by Crippen LogP contribution is 2.47. The quantitative estimate of drug-likeness (QED) is 0.176. The number of nitrogens with zero attached hydrogens (tertiary/aromatic N) is 3. The van der Waals surface area contributed by atoms with E-state index in [1.54, 1.807) is 0 Å². The largest absolute Gasteiger partial charge is 0.453 e. The third-order valence-corrected chi connectivity index (χ3v) is 12.2. The van der Waals surface area contributed by atoms with E-state index < -0.39 is 0 Å². The zero-order chi connectivity index (χ0) is 37.9. The predicted molar refractivity (Wildman–Crippen MR) is 240 cm³/mol. The molecule has 4 heteroatoms. The summed E-state index contributed by atoms with van der Waals surface area (Å²) in [5, 5.41) is 7.43. The minimum absolute atomic E-state index is 0.874. The van der Waals surface area contributed by atoms with E-state index in [4.69, 9.17) is 4.74 Å². The summed E-state index contributed by atoms with van der Waals surface area (Å²) in [6.45, 7) is 0. The first-order valence-electron chi connectivity index (χ1n) is 19.8. The molecule has 1 aliphatic heterocycles. The predicted octanol–water partition coefficient (Wildman–Crippen LogP) is 14.4. The fraction of sp³-hybridized carbons (Fsp3) is 0. The lowest BCUT2D eigenvalue weighted by Crippen LogP contribution is -2.03. The Morgan fingerprint density at radius 1 is 0.310 bits per heavy atom. The Labute approximate surface area is 333 Å². The van der Waals surface area contributed by atoms with Crippen molar-refractivity contribution in [1.82, 2.24) is 13.7 Å². The molecule has 3 aromatic heterocycles. The number of rotatable bonds is 4. The molecule has 9 aromatic carbocycles. The molecule has 12 aromatic rings. The molecule has 13 rings (SSSR count). The van der Waals surface area contributed by atoms with Crippen molar-refractivity contribution in [3.8, 4) is 50.8 Å². The number of aromatic nitrogens is 3. The lowest BCUT2D eigenvalue weighted by molar-refractivity contribution is 0.476. The van der Waals surface area contributed by atoms with Crippen LogP contribution in [0.1, 0.15) is 0 Å². The third kappa shape index (κ3) is 4.34. The fourth-order valence-electron chi connectivity index (χ4n) is 9.77. The van der Waals surface area contributed by atoms with Crippen LogP contribution < -0.4 is 4.74 Å². The van der Waals surface area contributed by atoms with Crippen LogP contribution in [0.2, 0.25) is 0 Å². The Balaban J connectivity index is 0.956. The first-order valence-corrected chi connectivity index (χ1v) is 19.8. The molecule has 1 aliphatic rings. The van der Waals surface area contributed by atoms with E-state index >= 15 is 0 Å². The molecule has 270 valence electrons. The fourth-order valence-corrected chi connectivity index (χ4v) is 9.77. The first-order chi connectivity index (χ1) is 28.8. The van der Waals surface area contributed by atoms with Crippen LogP contribution in [-0.4, -0.2) is 13.7 Å². The minimum Gasteiger partial charge on any atom is -0.453 e. The highest BCUT2D eigenvalue weighted by atomic mass is 16.5. The number of ether oxygens (including phenoxy) is 1. The summed E-state index contributed by atoms with van der Waals surface area (Å²) in [6.07, 6.45) is 0. The molecule has 4 nitrogen and oxygen atoms in total. The average Bonchev–Trinajstić information content (AvgIpc) is 3.93. The SMILES string of the molecule is c1cc(-c2cccc(-n3c4ccccc4c4cc(-n5c6ccccc6c6ccccc65)ccc43)c2)cc(-c2cccc3c2c2cccc4c2n3-c2ccccc2O4)c1. The van der Waals surface area contributed by atoms with Gasteiger partial charge in [0.15, 0.2) is 11.5 Å². The van der Waals surface area contributed by atoms with Gasteiger partial charge >= 0.3 is 0 Å². The Bertz CT molecular complexity index is 3620. The maximum atomic E-state index is 6.43. The highest BCUT2D eigenvalue weighted by molar-refractivity contribution is 6.18. The van der Waals surface area contributed by atoms with E-state index in [0.717, 1.165) is 34.1 Å². The first kappa shape index (κ1) is 31.4. The molecule has 0 saturated carbocycles. The van der Waals surface area contributed by atoms with Gasteiger partial charge in [-0.15, -0.1) is 0 Å². The van der Waals surface area contributed by atoms with E-state index in [1.165, 1.54) is 82.2 Å². The number of benzene rings is 9. The molecule has 0 unspecified atom stereocenters. The molecule has 0 fully saturated rings. The van der Waals surface area contributed by atoms with Crippen molar-refractivity contribution in [2.45, 2.75) is 0 Å². The summed E-state index contributed by atoms with van der Waals surface area (Å²) >= 11 is 0. The second-order valence-corrected chi connectivity index (χ2v) is 15.3. The van der Waals surface area contributed by atoms with Gasteiger partial charge in [0.2, 0.25) is 0 Å². The molecule has 0 amide bonds. The van der Waals surface area contributed by atoms with E-state index in [9.17, 15) is 0 Å². The monoisotopic (exact) mass is 739 g/mol. The van der Waals surface area contributed by atoms with Crippen LogP contribution in [0.3, 0.4) is 0 Å². The number of para-hydroxylation sites is 6. The maximum Gasteiger partial charge on any atom is 0.152 e. The molecule has 0 N–H and O–H groups in total. The molecule has 0 radical (unpaired) electrons. The van der Waals surface area contributed by atoms with Gasteiger partial charge in [0, 0.05) is 43.7 Å². The van der Waals surface area contributed by atoms with Gasteiger partial charge in [-0.25, -0.2) is 0 Å². The summed E-state index contributed by atoms with van der Waals surface area (Å²) < 4.78 is 13.6. The second kappa shape index (κ2) is 11.8. The van der Waals surface area contributed by atoms with Crippen molar-refractivity contribution in [3.05, 3.63) is 200 Å². The third-order valence-electron chi connectivity index (χ3n) is 12.2. The lowest BCUT2D eigenvalue weighted by atomic mass is 9.95. The van der Waals surface area contributed by atoms with Crippen molar-refractivity contribution in [2.75, 3.05) is 0 Å². The highest BCUT2D eigenvalue weighted by Gasteiger charge is 2.25. The van der Waals surface area contributed by atoms with Crippen molar-refractivity contribution >= 4 is 65.4 Å². The van der Waals surface area contributed by atoms with Crippen LogP contribution in [0.5, 0.6) is 11.5 Å². The van der Waals surface area contributed by atoms with Gasteiger partial charge in [-0.2, -0.15) is 0 Å². The second-order valence-electron chi connectivity index (χ2n) is 15.3. The minimum atomic E-state index is 0.874. The molecule has 0 atom stereocenters. The van der Waals surface area contributed by atoms with Crippen LogP contribution in [0.15, 0.2) is 200 Å². The van der Waals surface area contributed by atoms with Crippen LogP contribution in [0.4, 0.5) is 0 Å². The van der Waals surface area contributed by atoms with Gasteiger partial charge in [-0.05, 0) is 101 Å².